The molecule has 0 radical (unpaired) electrons. The summed E-state index contributed by atoms with van der Waals surface area (Å²) in [7, 11) is -2.70. The third-order valence-corrected chi connectivity index (χ3v) is 15.2. The van der Waals surface area contributed by atoms with Gasteiger partial charge in [-0.3, -0.25) is 0 Å². The van der Waals surface area contributed by atoms with Crippen molar-refractivity contribution in [2.24, 2.45) is 0 Å². The topological polar surface area (TPSA) is 6.48 Å². The van der Waals surface area contributed by atoms with E-state index in [1.807, 2.05) is 0 Å². The third kappa shape index (κ3) is 6.36. The quantitative estimate of drug-likeness (QED) is 0.105. The van der Waals surface area contributed by atoms with Gasteiger partial charge in [0.2, 0.25) is 0 Å². The summed E-state index contributed by atoms with van der Waals surface area (Å²) in [4.78, 5) is 4.75. The molecule has 51 heavy (non-hydrogen) atoms. The maximum Gasteiger partial charge on any atom is 0.155 e. The minimum atomic E-state index is -2.70. The van der Waals surface area contributed by atoms with Gasteiger partial charge in [-0.25, -0.2) is 0 Å². The molecule has 1 aliphatic carbocycles. The Morgan fingerprint density at radius 3 is 1.16 bits per heavy atom. The molecular formula is C48H40N2Si. The molecule has 0 aromatic heterocycles. The number of benzene rings is 7. The van der Waals surface area contributed by atoms with E-state index >= 15 is 0 Å². The summed E-state index contributed by atoms with van der Waals surface area (Å²) in [6.07, 6.45) is 8.26. The molecule has 0 amide bonds. The standard InChI is InChI=1S/C48H40N2Si/c1-7-20-39(21-8-1)49(40-22-9-2-10-23-40)43-34-36-47(37-35-43)51(45-29-15-5-16-30-45,46-31-17-6-18-32-46)48-33-19-28-44(38-48)50(41-24-11-3-12-25-41)42-26-13-4-14-27-42/h1-36,38,47H,37H2. The average molecular weight is 673 g/mol. The van der Waals surface area contributed by atoms with E-state index in [-0.39, 0.29) is 5.54 Å². The minimum absolute atomic E-state index is 0.275. The smallest absolute Gasteiger partial charge is 0.155 e. The highest BCUT2D eigenvalue weighted by molar-refractivity contribution is 7.12. The van der Waals surface area contributed by atoms with Crippen molar-refractivity contribution in [3.8, 4) is 0 Å². The highest BCUT2D eigenvalue weighted by atomic mass is 28.3. The van der Waals surface area contributed by atoms with Gasteiger partial charge >= 0.3 is 0 Å². The number of hydrogen-bond acceptors (Lipinski definition) is 2. The van der Waals surface area contributed by atoms with E-state index in [2.05, 4.69) is 234 Å². The molecule has 7 aromatic carbocycles. The van der Waals surface area contributed by atoms with Crippen molar-refractivity contribution in [3.63, 3.8) is 0 Å². The molecular weight excluding hydrogens is 633 g/mol. The maximum atomic E-state index is 2.51. The van der Waals surface area contributed by atoms with E-state index in [1.165, 1.54) is 21.3 Å². The van der Waals surface area contributed by atoms with Crippen molar-refractivity contribution < 1.29 is 0 Å². The Bertz CT molecular complexity index is 2100. The summed E-state index contributed by atoms with van der Waals surface area (Å²) >= 11 is 0. The number of hydrogen-bond donors (Lipinski definition) is 0. The fourth-order valence-electron chi connectivity index (χ4n) is 7.73. The van der Waals surface area contributed by atoms with E-state index in [4.69, 9.17) is 0 Å². The highest BCUT2D eigenvalue weighted by Crippen LogP contribution is 2.39. The van der Waals surface area contributed by atoms with Gasteiger partial charge in [-0.2, -0.15) is 0 Å². The minimum Gasteiger partial charge on any atom is -0.311 e. The fourth-order valence-corrected chi connectivity index (χ4v) is 13.0. The van der Waals surface area contributed by atoms with Gasteiger partial charge in [0.15, 0.2) is 8.07 Å². The zero-order valence-corrected chi connectivity index (χ0v) is 29.5. The Hall–Kier alpha value is -6.16. The first-order chi connectivity index (χ1) is 25.3. The molecule has 1 aliphatic rings. The molecule has 0 bridgehead atoms. The van der Waals surface area contributed by atoms with Crippen LogP contribution in [0.4, 0.5) is 28.4 Å². The SMILES string of the molecule is C1=CC([Si](c2ccccc2)(c2ccccc2)c2cccc(N(c3ccccc3)c3ccccc3)c2)CC=C1N(c1ccccc1)c1ccccc1. The van der Waals surface area contributed by atoms with Gasteiger partial charge in [0.05, 0.1) is 0 Å². The predicted molar refractivity (Wildman–Crippen MR) is 219 cm³/mol. The fraction of sp³-hybridized carbons (Fsp3) is 0.0417. The number of anilines is 5. The Kier molecular flexibility index (Phi) is 9.28. The van der Waals surface area contributed by atoms with Crippen LogP contribution in [0.1, 0.15) is 6.42 Å². The first-order valence-corrected chi connectivity index (χ1v) is 19.8. The van der Waals surface area contributed by atoms with Crippen LogP contribution < -0.4 is 25.4 Å². The predicted octanol–water partition coefficient (Wildman–Crippen LogP) is 10.7. The van der Waals surface area contributed by atoms with Crippen LogP contribution in [-0.4, -0.2) is 8.07 Å². The van der Waals surface area contributed by atoms with E-state index in [1.54, 1.807) is 0 Å². The van der Waals surface area contributed by atoms with Crippen molar-refractivity contribution >= 4 is 52.1 Å². The molecule has 0 heterocycles. The summed E-state index contributed by atoms with van der Waals surface area (Å²) < 4.78 is 0. The molecule has 0 aliphatic heterocycles. The average Bonchev–Trinajstić information content (AvgIpc) is 3.22. The van der Waals surface area contributed by atoms with Gasteiger partial charge < -0.3 is 9.80 Å². The normalized spacial score (nSPS) is 14.0. The molecule has 2 nitrogen and oxygen atoms in total. The first-order valence-electron chi connectivity index (χ1n) is 17.7. The van der Waals surface area contributed by atoms with Gasteiger partial charge in [0.1, 0.15) is 0 Å². The van der Waals surface area contributed by atoms with E-state index in [0.29, 0.717) is 0 Å². The summed E-state index contributed by atoms with van der Waals surface area (Å²) in [5, 5.41) is 4.21. The van der Waals surface area contributed by atoms with Crippen molar-refractivity contribution in [2.75, 3.05) is 9.80 Å². The van der Waals surface area contributed by atoms with Crippen molar-refractivity contribution in [1.29, 1.82) is 0 Å². The maximum absolute atomic E-state index is 2.70. The molecule has 1 unspecified atom stereocenters. The van der Waals surface area contributed by atoms with Crippen LogP contribution >= 0.6 is 0 Å². The second kappa shape index (κ2) is 14.8. The number of rotatable bonds is 10. The molecule has 0 N–H and O–H groups in total. The lowest BCUT2D eigenvalue weighted by Gasteiger charge is -2.41. The lowest BCUT2D eigenvalue weighted by molar-refractivity contribution is 0.967. The van der Waals surface area contributed by atoms with Gasteiger partial charge in [-0.05, 0) is 94.3 Å². The summed E-state index contributed by atoms with van der Waals surface area (Å²) in [6, 6.07) is 74.8. The Balaban J connectivity index is 1.29. The van der Waals surface area contributed by atoms with Crippen LogP contribution in [0.3, 0.4) is 0 Å². The molecule has 3 heteroatoms. The van der Waals surface area contributed by atoms with Gasteiger partial charge in [0.25, 0.3) is 0 Å². The lowest BCUT2D eigenvalue weighted by atomic mass is 10.1. The Labute approximate surface area is 302 Å². The van der Waals surface area contributed by atoms with E-state index in [9.17, 15) is 0 Å². The zero-order valence-electron chi connectivity index (χ0n) is 28.5. The zero-order chi connectivity index (χ0) is 34.3. The summed E-state index contributed by atoms with van der Waals surface area (Å²) in [5.41, 5.74) is 7.21. The van der Waals surface area contributed by atoms with Crippen LogP contribution in [0.25, 0.3) is 0 Å². The highest BCUT2D eigenvalue weighted by Gasteiger charge is 2.46. The third-order valence-electron chi connectivity index (χ3n) is 9.97. The second-order valence-corrected chi connectivity index (χ2v) is 17.0. The second-order valence-electron chi connectivity index (χ2n) is 12.9. The van der Waals surface area contributed by atoms with Crippen LogP contribution in [-0.2, 0) is 0 Å². The van der Waals surface area contributed by atoms with Gasteiger partial charge in [-0.1, -0.05) is 158 Å². The van der Waals surface area contributed by atoms with Crippen LogP contribution in [0.5, 0.6) is 0 Å². The Morgan fingerprint density at radius 1 is 0.373 bits per heavy atom. The lowest BCUT2D eigenvalue weighted by Crippen LogP contribution is -2.69. The molecule has 7 aromatic rings. The van der Waals surface area contributed by atoms with Crippen LogP contribution in [0.15, 0.2) is 230 Å². The molecule has 8 rings (SSSR count). The molecule has 1 atom stereocenters. The van der Waals surface area contributed by atoms with Crippen molar-refractivity contribution in [1.82, 2.24) is 0 Å². The molecule has 0 saturated carbocycles. The largest absolute Gasteiger partial charge is 0.311 e. The number of allylic oxidation sites excluding steroid dienone is 3. The van der Waals surface area contributed by atoms with Gasteiger partial charge in [-0.15, -0.1) is 0 Å². The number of nitrogens with zero attached hydrogens (tertiary/aromatic N) is 2. The number of para-hydroxylation sites is 4. The van der Waals surface area contributed by atoms with E-state index < -0.39 is 8.07 Å². The Morgan fingerprint density at radius 2 is 0.745 bits per heavy atom. The molecule has 0 spiro atoms. The van der Waals surface area contributed by atoms with Crippen molar-refractivity contribution in [2.45, 2.75) is 12.0 Å². The molecule has 0 saturated heterocycles. The summed E-state index contributed by atoms with van der Waals surface area (Å²) in [5.74, 6) is 0. The monoisotopic (exact) mass is 672 g/mol. The van der Waals surface area contributed by atoms with Crippen LogP contribution in [0.2, 0.25) is 5.54 Å². The van der Waals surface area contributed by atoms with E-state index in [0.717, 1.165) is 34.9 Å². The molecule has 246 valence electrons. The summed E-state index contributed by atoms with van der Waals surface area (Å²) in [6.45, 7) is 0. The molecule has 0 fully saturated rings. The van der Waals surface area contributed by atoms with Crippen molar-refractivity contribution in [3.05, 3.63) is 230 Å². The first kappa shape index (κ1) is 32.1. The van der Waals surface area contributed by atoms with Crippen LogP contribution in [0, 0.1) is 0 Å². The van der Waals surface area contributed by atoms with Gasteiger partial charge in [0, 0.05) is 34.1 Å².